The van der Waals surface area contributed by atoms with E-state index >= 15 is 0 Å². The summed E-state index contributed by atoms with van der Waals surface area (Å²) < 4.78 is 2.16. The average molecular weight is 247 g/mol. The summed E-state index contributed by atoms with van der Waals surface area (Å²) in [6.07, 6.45) is 10.4. The van der Waals surface area contributed by atoms with E-state index in [4.69, 9.17) is 6.42 Å². The molecule has 4 heteroatoms. The summed E-state index contributed by atoms with van der Waals surface area (Å²) in [6.45, 7) is 3.95. The molecule has 2 heterocycles. The zero-order valence-electron chi connectivity index (χ0n) is 10.1. The highest BCUT2D eigenvalue weighted by Gasteiger charge is 2.08. The number of thiazole rings is 1. The molecule has 0 amide bonds. The molecule has 0 saturated carbocycles. The van der Waals surface area contributed by atoms with Crippen LogP contribution in [0, 0.1) is 19.3 Å². The van der Waals surface area contributed by atoms with Crippen molar-refractivity contribution in [2.75, 3.05) is 6.54 Å². The molecule has 17 heavy (non-hydrogen) atoms. The minimum atomic E-state index is 0.875. The summed E-state index contributed by atoms with van der Waals surface area (Å²) in [6, 6.07) is 0. The van der Waals surface area contributed by atoms with Crippen molar-refractivity contribution in [1.29, 1.82) is 0 Å². The third kappa shape index (κ3) is 2.87. The first-order chi connectivity index (χ1) is 8.33. The van der Waals surface area contributed by atoms with Gasteiger partial charge in [-0.3, -0.25) is 4.40 Å². The fraction of sp³-hybridized carbons (Fsp3) is 0.462. The maximum atomic E-state index is 5.21. The van der Waals surface area contributed by atoms with Crippen LogP contribution in [0.2, 0.25) is 0 Å². The van der Waals surface area contributed by atoms with Gasteiger partial charge in [0.05, 0.1) is 11.4 Å². The Morgan fingerprint density at radius 3 is 3.24 bits per heavy atom. The molecular weight excluding hydrogens is 230 g/mol. The summed E-state index contributed by atoms with van der Waals surface area (Å²) in [5, 5.41) is 5.51. The van der Waals surface area contributed by atoms with Crippen LogP contribution >= 0.6 is 11.3 Å². The second-order valence-electron chi connectivity index (χ2n) is 4.04. The number of hydrogen-bond acceptors (Lipinski definition) is 3. The Balaban J connectivity index is 1.84. The number of aryl methyl sites for hydroxylation is 1. The van der Waals surface area contributed by atoms with Crippen molar-refractivity contribution in [2.24, 2.45) is 0 Å². The van der Waals surface area contributed by atoms with Gasteiger partial charge in [-0.15, -0.1) is 23.7 Å². The van der Waals surface area contributed by atoms with Gasteiger partial charge in [0.15, 0.2) is 4.96 Å². The van der Waals surface area contributed by atoms with Crippen molar-refractivity contribution in [3.05, 3.63) is 23.0 Å². The molecule has 90 valence electrons. The lowest BCUT2D eigenvalue weighted by Crippen LogP contribution is -2.16. The maximum Gasteiger partial charge on any atom is 0.194 e. The topological polar surface area (TPSA) is 29.3 Å². The largest absolute Gasteiger partial charge is 0.311 e. The highest BCUT2D eigenvalue weighted by Crippen LogP contribution is 2.16. The minimum Gasteiger partial charge on any atom is -0.311 e. The maximum absolute atomic E-state index is 5.21. The monoisotopic (exact) mass is 247 g/mol. The van der Waals surface area contributed by atoms with E-state index in [1.165, 1.54) is 5.69 Å². The summed E-state index contributed by atoms with van der Waals surface area (Å²) in [4.78, 5) is 5.59. The van der Waals surface area contributed by atoms with Crippen molar-refractivity contribution >= 4 is 16.3 Å². The van der Waals surface area contributed by atoms with Crippen molar-refractivity contribution < 1.29 is 0 Å². The molecule has 0 radical (unpaired) electrons. The third-order valence-electron chi connectivity index (χ3n) is 2.78. The van der Waals surface area contributed by atoms with Gasteiger partial charge in [-0.2, -0.15) is 0 Å². The Hall–Kier alpha value is -1.31. The number of imidazole rings is 1. The number of aromatic nitrogens is 2. The molecule has 0 aliphatic heterocycles. The summed E-state index contributed by atoms with van der Waals surface area (Å²) in [5.74, 6) is 2.66. The zero-order chi connectivity index (χ0) is 12.1. The number of unbranched alkanes of at least 4 members (excludes halogenated alkanes) is 2. The second kappa shape index (κ2) is 5.85. The molecule has 0 atom stereocenters. The number of hydrogen-bond donors (Lipinski definition) is 1. The quantitative estimate of drug-likeness (QED) is 0.628. The number of rotatable bonds is 6. The van der Waals surface area contributed by atoms with Crippen LogP contribution in [0.15, 0.2) is 11.6 Å². The predicted molar refractivity (Wildman–Crippen MR) is 72.2 cm³/mol. The first-order valence-corrected chi connectivity index (χ1v) is 6.76. The van der Waals surface area contributed by atoms with E-state index in [1.807, 2.05) is 0 Å². The van der Waals surface area contributed by atoms with Crippen molar-refractivity contribution in [3.8, 4) is 12.3 Å². The van der Waals surface area contributed by atoms with Crippen LogP contribution in [0.25, 0.3) is 4.96 Å². The molecular formula is C13H17N3S. The molecule has 0 aliphatic carbocycles. The first kappa shape index (κ1) is 12.2. The molecule has 0 unspecified atom stereocenters. The van der Waals surface area contributed by atoms with Gasteiger partial charge in [0, 0.05) is 24.5 Å². The first-order valence-electron chi connectivity index (χ1n) is 5.88. The molecule has 0 saturated heterocycles. The van der Waals surface area contributed by atoms with Crippen molar-refractivity contribution in [1.82, 2.24) is 14.7 Å². The number of terminal acetylenes is 1. The van der Waals surface area contributed by atoms with Gasteiger partial charge in [0.2, 0.25) is 0 Å². The SMILES string of the molecule is C#CCCCCNCc1c(C)nc2sccn12. The number of fused-ring (bicyclic) bond motifs is 1. The highest BCUT2D eigenvalue weighted by molar-refractivity contribution is 7.15. The van der Waals surface area contributed by atoms with Gasteiger partial charge in [0.25, 0.3) is 0 Å². The lowest BCUT2D eigenvalue weighted by molar-refractivity contribution is 0.619. The van der Waals surface area contributed by atoms with Crippen LogP contribution in [0.3, 0.4) is 0 Å². The van der Waals surface area contributed by atoms with E-state index in [0.717, 1.165) is 43.0 Å². The van der Waals surface area contributed by atoms with E-state index in [1.54, 1.807) is 11.3 Å². The Bertz CT molecular complexity index is 518. The standard InChI is InChI=1S/C13H17N3S/c1-3-4-5-6-7-14-10-12-11(2)15-13-16(12)8-9-17-13/h1,8-9,14H,4-7,10H2,2H3. The van der Waals surface area contributed by atoms with Gasteiger partial charge < -0.3 is 5.32 Å². The van der Waals surface area contributed by atoms with Crippen LogP contribution in [0.4, 0.5) is 0 Å². The van der Waals surface area contributed by atoms with Crippen molar-refractivity contribution in [2.45, 2.75) is 32.7 Å². The zero-order valence-corrected chi connectivity index (χ0v) is 10.9. The van der Waals surface area contributed by atoms with E-state index in [9.17, 15) is 0 Å². The molecule has 2 aromatic heterocycles. The van der Waals surface area contributed by atoms with E-state index in [-0.39, 0.29) is 0 Å². The van der Waals surface area contributed by atoms with Gasteiger partial charge in [0.1, 0.15) is 0 Å². The molecule has 2 rings (SSSR count). The van der Waals surface area contributed by atoms with Crippen LogP contribution in [-0.4, -0.2) is 15.9 Å². The van der Waals surface area contributed by atoms with Crippen LogP contribution in [0.5, 0.6) is 0 Å². The Labute approximate surface area is 106 Å². The molecule has 1 N–H and O–H groups in total. The minimum absolute atomic E-state index is 0.875. The Kier molecular flexibility index (Phi) is 4.18. The summed E-state index contributed by atoms with van der Waals surface area (Å²) >= 11 is 1.67. The second-order valence-corrected chi connectivity index (χ2v) is 4.91. The molecule has 3 nitrogen and oxygen atoms in total. The van der Waals surface area contributed by atoms with Gasteiger partial charge >= 0.3 is 0 Å². The van der Waals surface area contributed by atoms with E-state index in [2.05, 4.69) is 39.1 Å². The summed E-state index contributed by atoms with van der Waals surface area (Å²) in [5.41, 5.74) is 2.38. The molecule has 0 fully saturated rings. The lowest BCUT2D eigenvalue weighted by atomic mass is 10.2. The van der Waals surface area contributed by atoms with Crippen LogP contribution in [0.1, 0.15) is 30.7 Å². The fourth-order valence-electron chi connectivity index (χ4n) is 1.84. The van der Waals surface area contributed by atoms with Crippen molar-refractivity contribution in [3.63, 3.8) is 0 Å². The molecule has 0 aromatic carbocycles. The smallest absolute Gasteiger partial charge is 0.194 e. The van der Waals surface area contributed by atoms with E-state index in [0.29, 0.717) is 0 Å². The van der Waals surface area contributed by atoms with Gasteiger partial charge in [-0.1, -0.05) is 0 Å². The average Bonchev–Trinajstić information content (AvgIpc) is 2.85. The Morgan fingerprint density at radius 1 is 1.53 bits per heavy atom. The molecule has 0 spiro atoms. The number of nitrogens with zero attached hydrogens (tertiary/aromatic N) is 2. The van der Waals surface area contributed by atoms with Gasteiger partial charge in [-0.05, 0) is 26.3 Å². The lowest BCUT2D eigenvalue weighted by Gasteiger charge is -2.04. The van der Waals surface area contributed by atoms with Crippen LogP contribution < -0.4 is 5.32 Å². The van der Waals surface area contributed by atoms with Gasteiger partial charge in [-0.25, -0.2) is 4.98 Å². The Morgan fingerprint density at radius 2 is 2.41 bits per heavy atom. The predicted octanol–water partition coefficient (Wildman–Crippen LogP) is 2.60. The molecule has 0 aliphatic rings. The third-order valence-corrected chi connectivity index (χ3v) is 3.53. The molecule has 2 aromatic rings. The fourth-order valence-corrected chi connectivity index (χ4v) is 2.62. The van der Waals surface area contributed by atoms with Crippen LogP contribution in [-0.2, 0) is 6.54 Å². The number of nitrogens with one attached hydrogen (secondary N) is 1. The highest BCUT2D eigenvalue weighted by atomic mass is 32.1. The summed E-state index contributed by atoms with van der Waals surface area (Å²) in [7, 11) is 0. The normalized spacial score (nSPS) is 10.8. The molecule has 0 bridgehead atoms. The van der Waals surface area contributed by atoms with E-state index < -0.39 is 0 Å².